The molecule has 3 N–H and O–H groups in total. The molecule has 0 aliphatic carbocycles. The van der Waals surface area contributed by atoms with Crippen LogP contribution in [0.4, 0.5) is 0 Å². The van der Waals surface area contributed by atoms with E-state index in [1.807, 2.05) is 19.1 Å². The van der Waals surface area contributed by atoms with Gasteiger partial charge in [0.15, 0.2) is 5.69 Å². The molecule has 0 aliphatic heterocycles. The number of nitrogens with zero attached hydrogens (tertiary/aromatic N) is 2. The molecule has 104 valence electrons. The summed E-state index contributed by atoms with van der Waals surface area (Å²) < 4.78 is 0. The number of amides is 1. The molecule has 0 fully saturated rings. The van der Waals surface area contributed by atoms with Gasteiger partial charge in [0.1, 0.15) is 5.15 Å². The van der Waals surface area contributed by atoms with Gasteiger partial charge in [0.2, 0.25) is 5.91 Å². The molecule has 0 spiro atoms. The van der Waals surface area contributed by atoms with Crippen LogP contribution < -0.4 is 5.73 Å². The molecule has 2 rings (SSSR count). The highest BCUT2D eigenvalue weighted by molar-refractivity contribution is 6.29. The fourth-order valence-electron chi connectivity index (χ4n) is 1.29. The van der Waals surface area contributed by atoms with Gasteiger partial charge in [-0.15, -0.1) is 0 Å². The molecule has 1 amide bonds. The largest absolute Gasteiger partial charge is 0.476 e. The van der Waals surface area contributed by atoms with Crippen LogP contribution in [0.25, 0.3) is 0 Å². The summed E-state index contributed by atoms with van der Waals surface area (Å²) in [5.41, 5.74) is 6.46. The van der Waals surface area contributed by atoms with E-state index in [2.05, 4.69) is 9.97 Å². The smallest absolute Gasteiger partial charge is 0.356 e. The average Bonchev–Trinajstić information content (AvgIpc) is 2.39. The number of primary amides is 1. The molecule has 0 saturated heterocycles. The highest BCUT2D eigenvalue weighted by Crippen LogP contribution is 2.04. The van der Waals surface area contributed by atoms with Crippen molar-refractivity contribution in [3.05, 3.63) is 58.6 Å². The second-order valence-corrected chi connectivity index (χ2v) is 4.10. The number of hydrogen-bond acceptors (Lipinski definition) is 4. The van der Waals surface area contributed by atoms with E-state index in [4.69, 9.17) is 22.4 Å². The number of halogens is 1. The minimum atomic E-state index is -1.13. The van der Waals surface area contributed by atoms with Gasteiger partial charge in [-0.05, 0) is 18.6 Å². The summed E-state index contributed by atoms with van der Waals surface area (Å²) >= 11 is 5.35. The topological polar surface area (TPSA) is 106 Å². The van der Waals surface area contributed by atoms with Crippen LogP contribution in [-0.4, -0.2) is 27.0 Å². The molecule has 2 aromatic rings. The summed E-state index contributed by atoms with van der Waals surface area (Å²) in [5, 5.41) is 8.43. The van der Waals surface area contributed by atoms with Gasteiger partial charge in [-0.3, -0.25) is 9.78 Å². The minimum absolute atomic E-state index is 0.0832. The second-order valence-electron chi connectivity index (χ2n) is 3.71. The van der Waals surface area contributed by atoms with E-state index in [0.29, 0.717) is 5.56 Å². The van der Waals surface area contributed by atoms with Gasteiger partial charge >= 0.3 is 5.97 Å². The van der Waals surface area contributed by atoms with Gasteiger partial charge in [-0.25, -0.2) is 9.78 Å². The monoisotopic (exact) mass is 293 g/mol. The first kappa shape index (κ1) is 15.6. The summed E-state index contributed by atoms with van der Waals surface area (Å²) in [4.78, 5) is 27.8. The molecule has 1 aromatic carbocycles. The van der Waals surface area contributed by atoms with Gasteiger partial charge in [0.25, 0.3) is 0 Å². The lowest BCUT2D eigenvalue weighted by molar-refractivity contribution is 0.0689. The lowest BCUT2D eigenvalue weighted by Crippen LogP contribution is -2.12. The molecule has 20 heavy (non-hydrogen) atoms. The van der Waals surface area contributed by atoms with Crippen LogP contribution in [0.5, 0.6) is 0 Å². The van der Waals surface area contributed by atoms with E-state index in [0.717, 1.165) is 11.8 Å². The van der Waals surface area contributed by atoms with Crippen molar-refractivity contribution in [2.75, 3.05) is 0 Å². The van der Waals surface area contributed by atoms with Gasteiger partial charge in [-0.1, -0.05) is 29.8 Å². The maximum absolute atomic E-state index is 10.6. The number of aryl methyl sites for hydroxylation is 1. The summed E-state index contributed by atoms with van der Waals surface area (Å²) in [6.45, 7) is 1.86. The highest BCUT2D eigenvalue weighted by Gasteiger charge is 2.03. The molecule has 0 unspecified atom stereocenters. The first-order valence-electron chi connectivity index (χ1n) is 5.48. The number of hydrogen-bond donors (Lipinski definition) is 2. The Bertz CT molecular complexity index is 632. The number of aromatic carboxylic acids is 1. The minimum Gasteiger partial charge on any atom is -0.476 e. The normalized spacial score (nSPS) is 9.30. The van der Waals surface area contributed by atoms with Gasteiger partial charge < -0.3 is 10.8 Å². The third-order valence-corrected chi connectivity index (χ3v) is 2.42. The van der Waals surface area contributed by atoms with Gasteiger partial charge in [0.05, 0.1) is 12.4 Å². The molecular formula is C13H12ClN3O3. The van der Waals surface area contributed by atoms with Crippen molar-refractivity contribution in [3.63, 3.8) is 0 Å². The number of benzene rings is 1. The molecule has 7 heteroatoms. The predicted octanol–water partition coefficient (Wildman–Crippen LogP) is 1.92. The first-order valence-corrected chi connectivity index (χ1v) is 5.86. The standard InChI is InChI=1S/C8H9NO.C5H3ClN2O2/c1-6-4-2-3-5-7(6)8(9)10;6-4-2-7-1-3(8-4)5(9)10/h2-5H,1H3,(H2,9,10);1-2H,(H,9,10). The van der Waals surface area contributed by atoms with E-state index in [-0.39, 0.29) is 16.8 Å². The Balaban J connectivity index is 0.000000200. The van der Waals surface area contributed by atoms with E-state index in [9.17, 15) is 9.59 Å². The second kappa shape index (κ2) is 7.20. The molecular weight excluding hydrogens is 282 g/mol. The van der Waals surface area contributed by atoms with E-state index in [1.54, 1.807) is 12.1 Å². The summed E-state index contributed by atoms with van der Waals surface area (Å²) in [7, 11) is 0. The first-order chi connectivity index (χ1) is 9.41. The molecule has 0 aliphatic rings. The average molecular weight is 294 g/mol. The Hall–Kier alpha value is -2.47. The van der Waals surface area contributed by atoms with E-state index >= 15 is 0 Å². The van der Waals surface area contributed by atoms with Gasteiger partial charge in [0, 0.05) is 5.56 Å². The Morgan fingerprint density at radius 2 is 1.90 bits per heavy atom. The molecule has 1 aromatic heterocycles. The predicted molar refractivity (Wildman–Crippen MR) is 73.7 cm³/mol. The Morgan fingerprint density at radius 3 is 2.30 bits per heavy atom. The number of nitrogens with two attached hydrogens (primary N) is 1. The van der Waals surface area contributed by atoms with Crippen LogP contribution in [0, 0.1) is 6.92 Å². The van der Waals surface area contributed by atoms with Gasteiger partial charge in [-0.2, -0.15) is 0 Å². The van der Waals surface area contributed by atoms with Crippen molar-refractivity contribution in [1.29, 1.82) is 0 Å². The van der Waals surface area contributed by atoms with Crippen LogP contribution in [0.2, 0.25) is 5.15 Å². The Labute approximate surface area is 120 Å². The summed E-state index contributed by atoms with van der Waals surface area (Å²) in [5.74, 6) is -1.49. The Morgan fingerprint density at radius 1 is 1.25 bits per heavy atom. The number of carbonyl (C=O) groups excluding carboxylic acids is 1. The van der Waals surface area contributed by atoms with E-state index in [1.165, 1.54) is 6.20 Å². The fourth-order valence-corrected chi connectivity index (χ4v) is 1.44. The molecule has 0 bridgehead atoms. The molecule has 0 radical (unpaired) electrons. The number of carboxylic acid groups (broad SMARTS) is 1. The van der Waals surface area contributed by atoms with E-state index < -0.39 is 5.97 Å². The number of rotatable bonds is 2. The van der Waals surface area contributed by atoms with Crippen LogP contribution in [0.3, 0.4) is 0 Å². The number of aromatic nitrogens is 2. The molecule has 0 saturated carbocycles. The number of carbonyl (C=O) groups is 2. The van der Waals surface area contributed by atoms with Crippen molar-refractivity contribution in [3.8, 4) is 0 Å². The van der Waals surface area contributed by atoms with Crippen LogP contribution >= 0.6 is 11.6 Å². The lowest BCUT2D eigenvalue weighted by Gasteiger charge is -1.97. The van der Waals surface area contributed by atoms with Crippen molar-refractivity contribution in [2.45, 2.75) is 6.92 Å². The van der Waals surface area contributed by atoms with Crippen molar-refractivity contribution < 1.29 is 14.7 Å². The van der Waals surface area contributed by atoms with Crippen molar-refractivity contribution in [2.24, 2.45) is 5.73 Å². The lowest BCUT2D eigenvalue weighted by atomic mass is 10.1. The molecule has 0 atom stereocenters. The van der Waals surface area contributed by atoms with Crippen LogP contribution in [0.15, 0.2) is 36.7 Å². The zero-order chi connectivity index (χ0) is 15.1. The third kappa shape index (κ3) is 4.66. The highest BCUT2D eigenvalue weighted by atomic mass is 35.5. The zero-order valence-electron chi connectivity index (χ0n) is 10.6. The SMILES string of the molecule is Cc1ccccc1C(N)=O.O=C(O)c1cncc(Cl)n1. The van der Waals surface area contributed by atoms with Crippen molar-refractivity contribution in [1.82, 2.24) is 9.97 Å². The van der Waals surface area contributed by atoms with Crippen LogP contribution in [-0.2, 0) is 0 Å². The van der Waals surface area contributed by atoms with Crippen LogP contribution in [0.1, 0.15) is 26.4 Å². The summed E-state index contributed by atoms with van der Waals surface area (Å²) in [6, 6.07) is 7.26. The fraction of sp³-hybridized carbons (Fsp3) is 0.0769. The maximum atomic E-state index is 10.6. The maximum Gasteiger partial charge on any atom is 0.356 e. The van der Waals surface area contributed by atoms with Crippen molar-refractivity contribution >= 4 is 23.5 Å². The molecule has 1 heterocycles. The zero-order valence-corrected chi connectivity index (χ0v) is 11.3. The Kier molecular flexibility index (Phi) is 5.61. The molecule has 6 nitrogen and oxygen atoms in total. The quantitative estimate of drug-likeness (QED) is 0.880. The summed E-state index contributed by atoms with van der Waals surface area (Å²) in [6.07, 6.45) is 2.40. The third-order valence-electron chi connectivity index (χ3n) is 2.23. The number of carboxylic acids is 1.